The summed E-state index contributed by atoms with van der Waals surface area (Å²) in [4.78, 5) is 31.0. The van der Waals surface area contributed by atoms with E-state index < -0.39 is 0 Å². The predicted molar refractivity (Wildman–Crippen MR) is 138 cm³/mol. The number of rotatable bonds is 7. The van der Waals surface area contributed by atoms with Gasteiger partial charge in [0, 0.05) is 48.0 Å². The number of hydrogen-bond acceptors (Lipinski definition) is 5. The maximum atomic E-state index is 13.6. The summed E-state index contributed by atoms with van der Waals surface area (Å²) in [7, 11) is 0. The second-order valence-corrected chi connectivity index (χ2v) is 9.68. The van der Waals surface area contributed by atoms with E-state index in [1.54, 1.807) is 22.9 Å². The zero-order valence-electron chi connectivity index (χ0n) is 19.7. The minimum atomic E-state index is -0.213. The summed E-state index contributed by atoms with van der Waals surface area (Å²) in [5.41, 5.74) is 5.73. The molecule has 1 N–H and O–H groups in total. The minimum Gasteiger partial charge on any atom is -0.381 e. The molecule has 1 aromatic heterocycles. The van der Waals surface area contributed by atoms with Crippen molar-refractivity contribution in [3.63, 3.8) is 0 Å². The summed E-state index contributed by atoms with van der Waals surface area (Å²) >= 11 is 6.05. The lowest BCUT2D eigenvalue weighted by Gasteiger charge is -2.21. The number of allylic oxidation sites excluding steroid dienone is 2. The van der Waals surface area contributed by atoms with E-state index in [1.165, 1.54) is 16.7 Å². The van der Waals surface area contributed by atoms with Crippen LogP contribution in [-0.2, 0) is 28.9 Å². The number of hydrogen-bond donors (Lipinski definition) is 1. The molecule has 1 aliphatic heterocycles. The number of carbonyl (C=O) groups is 1. The number of nitrogens with one attached hydrogen (secondary N) is 1. The summed E-state index contributed by atoms with van der Waals surface area (Å²) in [6.45, 7) is 3.60. The molecule has 180 valence electrons. The number of fused-ring (bicyclic) bond motifs is 1. The van der Waals surface area contributed by atoms with Crippen molar-refractivity contribution in [1.29, 1.82) is 0 Å². The smallest absolute Gasteiger partial charge is 0.258 e. The zero-order chi connectivity index (χ0) is 24.4. The molecule has 6 nitrogen and oxygen atoms in total. The van der Waals surface area contributed by atoms with Crippen LogP contribution in [0.5, 0.6) is 0 Å². The molecule has 1 saturated heterocycles. The van der Waals surface area contributed by atoms with E-state index >= 15 is 0 Å². The number of aromatic nitrogens is 2. The Labute approximate surface area is 209 Å². The molecule has 2 aromatic carbocycles. The van der Waals surface area contributed by atoms with Crippen LogP contribution in [0.1, 0.15) is 42.0 Å². The first-order chi connectivity index (χ1) is 17.0. The van der Waals surface area contributed by atoms with Gasteiger partial charge < -0.3 is 10.1 Å². The fourth-order valence-corrected chi connectivity index (χ4v) is 4.85. The average molecular weight is 490 g/mol. The highest BCUT2D eigenvalue weighted by Crippen LogP contribution is 2.30. The normalized spacial score (nSPS) is 15.5. The molecule has 7 heteroatoms. The van der Waals surface area contributed by atoms with Gasteiger partial charge in [0.1, 0.15) is 5.78 Å². The summed E-state index contributed by atoms with van der Waals surface area (Å²) in [5.74, 6) is 0.451. The Kier molecular flexibility index (Phi) is 6.84. The average Bonchev–Trinajstić information content (AvgIpc) is 3.24. The third kappa shape index (κ3) is 5.24. The summed E-state index contributed by atoms with van der Waals surface area (Å²) in [6.07, 6.45) is 6.19. The molecule has 0 radical (unpaired) electrons. The van der Waals surface area contributed by atoms with Crippen molar-refractivity contribution in [2.45, 2.75) is 39.2 Å². The second kappa shape index (κ2) is 10.2. The largest absolute Gasteiger partial charge is 0.381 e. The number of ketones is 1. The van der Waals surface area contributed by atoms with Crippen LogP contribution >= 0.6 is 11.6 Å². The molecule has 0 atom stereocenters. The van der Waals surface area contributed by atoms with Gasteiger partial charge in [0.15, 0.2) is 0 Å². The Morgan fingerprint density at radius 2 is 1.94 bits per heavy atom. The van der Waals surface area contributed by atoms with Crippen LogP contribution in [-0.4, -0.2) is 28.5 Å². The van der Waals surface area contributed by atoms with Crippen molar-refractivity contribution >= 4 is 34.6 Å². The molecule has 2 aliphatic rings. The maximum absolute atomic E-state index is 13.6. The van der Waals surface area contributed by atoms with Crippen molar-refractivity contribution in [3.05, 3.63) is 92.4 Å². The van der Waals surface area contributed by atoms with Crippen molar-refractivity contribution in [2.24, 2.45) is 5.92 Å². The van der Waals surface area contributed by atoms with E-state index in [0.717, 1.165) is 17.7 Å². The molecule has 0 unspecified atom stereocenters. The van der Waals surface area contributed by atoms with E-state index in [9.17, 15) is 9.59 Å². The third-order valence-electron chi connectivity index (χ3n) is 6.83. The number of anilines is 2. The zero-order valence-corrected chi connectivity index (χ0v) is 20.5. The van der Waals surface area contributed by atoms with Gasteiger partial charge in [-0.05, 0) is 72.7 Å². The van der Waals surface area contributed by atoms with Gasteiger partial charge in [-0.1, -0.05) is 35.9 Å². The van der Waals surface area contributed by atoms with Crippen LogP contribution in [0.25, 0.3) is 5.57 Å². The van der Waals surface area contributed by atoms with E-state index in [0.29, 0.717) is 49.1 Å². The lowest BCUT2D eigenvalue weighted by Crippen LogP contribution is -2.31. The Hall–Kier alpha value is -3.22. The molecule has 5 rings (SSSR count). The highest BCUT2D eigenvalue weighted by molar-refractivity contribution is 6.30. The molecule has 0 spiro atoms. The molecule has 0 saturated carbocycles. The van der Waals surface area contributed by atoms with Crippen LogP contribution in [0, 0.1) is 5.92 Å². The van der Waals surface area contributed by atoms with Crippen LogP contribution in [0.15, 0.2) is 59.5 Å². The van der Waals surface area contributed by atoms with Gasteiger partial charge >= 0.3 is 0 Å². The van der Waals surface area contributed by atoms with E-state index in [2.05, 4.69) is 35.4 Å². The predicted octanol–water partition coefficient (Wildman–Crippen LogP) is 5.19. The molecule has 1 fully saturated rings. The number of nitrogens with zero attached hydrogens (tertiary/aromatic N) is 2. The first-order valence-electron chi connectivity index (χ1n) is 12.0. The Balaban J connectivity index is 1.47. The van der Waals surface area contributed by atoms with Crippen molar-refractivity contribution in [1.82, 2.24) is 9.55 Å². The van der Waals surface area contributed by atoms with Crippen LogP contribution in [0.2, 0.25) is 5.02 Å². The minimum absolute atomic E-state index is 0.0617. The Bertz CT molecular complexity index is 1340. The maximum Gasteiger partial charge on any atom is 0.258 e. The van der Waals surface area contributed by atoms with Gasteiger partial charge in [-0.25, -0.2) is 4.98 Å². The molecule has 0 amide bonds. The lowest BCUT2D eigenvalue weighted by atomic mass is 9.92. The summed E-state index contributed by atoms with van der Waals surface area (Å²) in [5, 5.41) is 3.97. The summed E-state index contributed by atoms with van der Waals surface area (Å²) in [6, 6.07) is 13.6. The van der Waals surface area contributed by atoms with Gasteiger partial charge in [-0.15, -0.1) is 0 Å². The number of halogens is 1. The Morgan fingerprint density at radius 3 is 2.71 bits per heavy atom. The standard InChI is InChI=1S/C28H28ClN3O3/c1-18-2-5-20-6-9-24(15-25(18)20)31-28-30-16-22(14-26(33)21-10-12-35-13-11-21)27(34)32(28)17-19-3-7-23(29)8-4-19/h2-4,6-9,15-16,21H,5,10-14,17H2,1H3,(H,30,31). The van der Waals surface area contributed by atoms with Gasteiger partial charge in [-0.2, -0.15) is 0 Å². The van der Waals surface area contributed by atoms with E-state index in [1.807, 2.05) is 18.2 Å². The number of ether oxygens (including phenoxy) is 1. The van der Waals surface area contributed by atoms with Gasteiger partial charge in [-0.3, -0.25) is 14.2 Å². The van der Waals surface area contributed by atoms with Gasteiger partial charge in [0.2, 0.25) is 5.95 Å². The molecule has 1 aliphatic carbocycles. The Morgan fingerprint density at radius 1 is 1.17 bits per heavy atom. The third-order valence-corrected chi connectivity index (χ3v) is 7.08. The topological polar surface area (TPSA) is 73.2 Å². The monoisotopic (exact) mass is 489 g/mol. The molecule has 3 aromatic rings. The SMILES string of the molecule is CC1=CCc2ccc(Nc3ncc(CC(=O)C4CCOCC4)c(=O)n3Cc3ccc(Cl)cc3)cc21. The molecule has 2 heterocycles. The number of benzene rings is 2. The fourth-order valence-electron chi connectivity index (χ4n) is 4.73. The highest BCUT2D eigenvalue weighted by atomic mass is 35.5. The molecule has 35 heavy (non-hydrogen) atoms. The van der Waals surface area contributed by atoms with Gasteiger partial charge in [0.05, 0.1) is 6.54 Å². The van der Waals surface area contributed by atoms with Crippen molar-refractivity contribution in [2.75, 3.05) is 18.5 Å². The van der Waals surface area contributed by atoms with Crippen molar-refractivity contribution in [3.8, 4) is 0 Å². The molecule has 0 bridgehead atoms. The van der Waals surface area contributed by atoms with Gasteiger partial charge in [0.25, 0.3) is 5.56 Å². The van der Waals surface area contributed by atoms with Crippen LogP contribution in [0.3, 0.4) is 0 Å². The highest BCUT2D eigenvalue weighted by Gasteiger charge is 2.23. The van der Waals surface area contributed by atoms with Crippen molar-refractivity contribution < 1.29 is 9.53 Å². The number of carbonyl (C=O) groups excluding carboxylic acids is 1. The molecular weight excluding hydrogens is 462 g/mol. The summed E-state index contributed by atoms with van der Waals surface area (Å²) < 4.78 is 6.98. The quantitative estimate of drug-likeness (QED) is 0.494. The first kappa shape index (κ1) is 23.5. The fraction of sp³-hybridized carbons (Fsp3) is 0.321. The molecular formula is C28H28ClN3O3. The van der Waals surface area contributed by atoms with E-state index in [-0.39, 0.29) is 23.7 Å². The van der Waals surface area contributed by atoms with E-state index in [4.69, 9.17) is 16.3 Å². The van der Waals surface area contributed by atoms with Crippen LogP contribution < -0.4 is 10.9 Å². The lowest BCUT2D eigenvalue weighted by molar-refractivity contribution is -0.125. The number of Topliss-reactive ketones (excluding diaryl/α,β-unsaturated/α-hetero) is 1. The van der Waals surface area contributed by atoms with Crippen LogP contribution in [0.4, 0.5) is 11.6 Å². The first-order valence-corrected chi connectivity index (χ1v) is 12.4. The second-order valence-electron chi connectivity index (χ2n) is 9.24.